The smallest absolute Gasteiger partial charge is 0.323 e. The number of carbonyl (C=O) groups excluding carboxylic acids is 1. The average Bonchev–Trinajstić information content (AvgIpc) is 3.85. The van der Waals surface area contributed by atoms with E-state index >= 15 is 0 Å². The first-order valence-corrected chi connectivity index (χ1v) is 18.2. The van der Waals surface area contributed by atoms with Crippen molar-refractivity contribution < 1.29 is 24.2 Å². The number of rotatable bonds is 15. The number of benzene rings is 4. The molecule has 1 amide bonds. The molecule has 0 heterocycles. The second-order valence-corrected chi connectivity index (χ2v) is 14.4. The van der Waals surface area contributed by atoms with Crippen LogP contribution in [0.4, 0.5) is 0 Å². The van der Waals surface area contributed by atoms with Crippen molar-refractivity contribution in [2.45, 2.75) is 83.7 Å². The van der Waals surface area contributed by atoms with Crippen molar-refractivity contribution in [3.63, 3.8) is 0 Å². The molecule has 2 aliphatic carbocycles. The van der Waals surface area contributed by atoms with Gasteiger partial charge in [0.2, 0.25) is 0 Å². The quantitative estimate of drug-likeness (QED) is 0.130. The number of nitrogens with zero attached hydrogens (tertiary/aromatic N) is 1. The van der Waals surface area contributed by atoms with Gasteiger partial charge >= 0.3 is 5.97 Å². The third kappa shape index (κ3) is 8.89. The SMILES string of the molecule is C=C(C)c1cc(C(=O)N(C)Cc2cccc(CNC3(C(=O)O)CCC(C4CCCC4)C3)c2)c(OCc2ccccc2)cc1OCc1ccccc1. The van der Waals surface area contributed by atoms with E-state index in [1.165, 1.54) is 25.7 Å². The van der Waals surface area contributed by atoms with Gasteiger partial charge in [0.05, 0.1) is 5.56 Å². The second-order valence-electron chi connectivity index (χ2n) is 14.4. The first-order chi connectivity index (χ1) is 24.7. The van der Waals surface area contributed by atoms with E-state index in [9.17, 15) is 14.7 Å². The van der Waals surface area contributed by atoms with Crippen LogP contribution in [0.15, 0.2) is 104 Å². The van der Waals surface area contributed by atoms with Crippen molar-refractivity contribution in [2.24, 2.45) is 11.8 Å². The molecule has 4 aromatic rings. The largest absolute Gasteiger partial charge is 0.488 e. The van der Waals surface area contributed by atoms with Gasteiger partial charge in [-0.1, -0.05) is 117 Å². The van der Waals surface area contributed by atoms with Gasteiger partial charge in [-0.15, -0.1) is 0 Å². The van der Waals surface area contributed by atoms with Crippen LogP contribution in [-0.4, -0.2) is 34.5 Å². The summed E-state index contributed by atoms with van der Waals surface area (Å²) in [7, 11) is 1.79. The fourth-order valence-corrected chi connectivity index (χ4v) is 7.78. The number of carboxylic acids is 1. The van der Waals surface area contributed by atoms with Crippen LogP contribution >= 0.6 is 0 Å². The molecule has 7 heteroatoms. The van der Waals surface area contributed by atoms with Crippen molar-refractivity contribution in [2.75, 3.05) is 7.05 Å². The first kappa shape index (κ1) is 35.9. The number of hydrogen-bond acceptors (Lipinski definition) is 5. The molecule has 0 aromatic heterocycles. The van der Waals surface area contributed by atoms with Crippen LogP contribution in [0.1, 0.15) is 90.0 Å². The fraction of sp³-hybridized carbons (Fsp3) is 0.364. The van der Waals surface area contributed by atoms with Crippen LogP contribution in [0.25, 0.3) is 5.57 Å². The summed E-state index contributed by atoms with van der Waals surface area (Å²) in [6, 6.07) is 31.5. The molecule has 266 valence electrons. The Morgan fingerprint density at radius 3 is 1.98 bits per heavy atom. The highest BCUT2D eigenvalue weighted by molar-refractivity contribution is 5.98. The maximum Gasteiger partial charge on any atom is 0.323 e. The molecular formula is C44H50N2O5. The van der Waals surface area contributed by atoms with Gasteiger partial charge in [-0.2, -0.15) is 0 Å². The average molecular weight is 687 g/mol. The lowest BCUT2D eigenvalue weighted by molar-refractivity contribution is -0.145. The molecule has 0 spiro atoms. The van der Waals surface area contributed by atoms with E-state index in [2.05, 4.69) is 18.0 Å². The van der Waals surface area contributed by atoms with Crippen LogP contribution in [0, 0.1) is 11.8 Å². The van der Waals surface area contributed by atoms with Crippen LogP contribution in [0.5, 0.6) is 11.5 Å². The minimum atomic E-state index is -0.885. The molecule has 51 heavy (non-hydrogen) atoms. The Morgan fingerprint density at radius 1 is 0.784 bits per heavy atom. The maximum absolute atomic E-state index is 14.2. The topological polar surface area (TPSA) is 88.1 Å². The Bertz CT molecular complexity index is 1820. The standard InChI is InChI=1S/C44H50N2O5/c1-31(2)38-24-39(41(51-30-33-15-8-5-9-16-33)25-40(38)50-29-32-13-6-4-7-14-32)42(47)46(3)28-35-18-12-17-34(23-35)27-45-44(43(48)49)22-21-37(26-44)36-19-10-11-20-36/h4-9,12-18,23-25,36-37,45H,1,10-11,19-22,26-30H2,2-3H3,(H,48,49). The van der Waals surface area contributed by atoms with E-state index in [-0.39, 0.29) is 5.91 Å². The normalized spacial score (nSPS) is 18.7. The molecule has 0 saturated heterocycles. The van der Waals surface area contributed by atoms with Crippen molar-refractivity contribution >= 4 is 17.4 Å². The van der Waals surface area contributed by atoms with E-state index < -0.39 is 11.5 Å². The summed E-state index contributed by atoms with van der Waals surface area (Å²) in [4.78, 5) is 28.4. The number of allylic oxidation sites excluding steroid dienone is 1. The van der Waals surface area contributed by atoms with Gasteiger partial charge in [0.25, 0.3) is 5.91 Å². The predicted octanol–water partition coefficient (Wildman–Crippen LogP) is 9.05. The highest BCUT2D eigenvalue weighted by atomic mass is 16.5. The number of ether oxygens (including phenoxy) is 2. The minimum Gasteiger partial charge on any atom is -0.488 e. The molecule has 2 aliphatic rings. The summed E-state index contributed by atoms with van der Waals surface area (Å²) in [5, 5.41) is 13.7. The lowest BCUT2D eigenvalue weighted by atomic mass is 9.87. The molecule has 2 atom stereocenters. The monoisotopic (exact) mass is 686 g/mol. The Hall–Kier alpha value is -4.88. The zero-order valence-corrected chi connectivity index (χ0v) is 29.9. The van der Waals surface area contributed by atoms with E-state index in [1.54, 1.807) is 11.9 Å². The highest BCUT2D eigenvalue weighted by Crippen LogP contribution is 2.45. The van der Waals surface area contributed by atoms with Crippen LogP contribution in [0.2, 0.25) is 0 Å². The number of carboxylic acid groups (broad SMARTS) is 1. The lowest BCUT2D eigenvalue weighted by Gasteiger charge is -2.27. The molecule has 0 bridgehead atoms. The predicted molar refractivity (Wildman–Crippen MR) is 201 cm³/mol. The van der Waals surface area contributed by atoms with E-state index in [1.807, 2.05) is 97.9 Å². The van der Waals surface area contributed by atoms with Gasteiger partial charge in [-0.25, -0.2) is 0 Å². The summed E-state index contributed by atoms with van der Waals surface area (Å²) >= 11 is 0. The van der Waals surface area contributed by atoms with Crippen molar-refractivity contribution in [1.82, 2.24) is 10.2 Å². The van der Waals surface area contributed by atoms with Crippen LogP contribution in [0.3, 0.4) is 0 Å². The fourth-order valence-electron chi connectivity index (χ4n) is 7.78. The first-order valence-electron chi connectivity index (χ1n) is 18.2. The third-order valence-corrected chi connectivity index (χ3v) is 10.7. The maximum atomic E-state index is 14.2. The van der Waals surface area contributed by atoms with Crippen LogP contribution in [-0.2, 0) is 31.1 Å². The molecule has 2 unspecified atom stereocenters. The number of hydrogen-bond donors (Lipinski definition) is 2. The Kier molecular flexibility index (Phi) is 11.6. The number of carbonyl (C=O) groups is 2. The van der Waals surface area contributed by atoms with Crippen molar-refractivity contribution in [3.05, 3.63) is 137 Å². The Balaban J connectivity index is 1.18. The third-order valence-electron chi connectivity index (χ3n) is 10.7. The molecule has 6 rings (SSSR count). The van der Waals surface area contributed by atoms with Gasteiger partial charge in [-0.05, 0) is 71.9 Å². The zero-order valence-electron chi connectivity index (χ0n) is 29.9. The molecule has 2 saturated carbocycles. The summed E-state index contributed by atoms with van der Waals surface area (Å²) < 4.78 is 12.6. The molecule has 7 nitrogen and oxygen atoms in total. The van der Waals surface area contributed by atoms with Crippen molar-refractivity contribution in [1.29, 1.82) is 0 Å². The highest BCUT2D eigenvalue weighted by Gasteiger charge is 2.47. The molecule has 0 aliphatic heterocycles. The minimum absolute atomic E-state index is 0.188. The van der Waals surface area contributed by atoms with Gasteiger partial charge < -0.3 is 19.5 Å². The summed E-state index contributed by atoms with van der Waals surface area (Å²) in [5.74, 6) is 1.25. The number of nitrogens with one attached hydrogen (secondary N) is 1. The Morgan fingerprint density at radius 2 is 1.37 bits per heavy atom. The molecule has 0 radical (unpaired) electrons. The molecule has 2 fully saturated rings. The zero-order chi connectivity index (χ0) is 35.8. The van der Waals surface area contributed by atoms with E-state index in [0.717, 1.165) is 39.8 Å². The van der Waals surface area contributed by atoms with Gasteiger partial charge in [0.1, 0.15) is 30.3 Å². The molecular weight excluding hydrogens is 636 g/mol. The summed E-state index contributed by atoms with van der Waals surface area (Å²) in [5.41, 5.74) is 5.04. The lowest BCUT2D eigenvalue weighted by Crippen LogP contribution is -2.49. The van der Waals surface area contributed by atoms with Gasteiger partial charge in [0.15, 0.2) is 0 Å². The number of amides is 1. The molecule has 2 N–H and O–H groups in total. The van der Waals surface area contributed by atoms with Gasteiger partial charge in [0, 0.05) is 31.8 Å². The van der Waals surface area contributed by atoms with Gasteiger partial charge in [-0.3, -0.25) is 14.9 Å². The molecule has 4 aromatic carbocycles. The van der Waals surface area contributed by atoms with E-state index in [0.29, 0.717) is 68.0 Å². The van der Waals surface area contributed by atoms with Crippen molar-refractivity contribution in [3.8, 4) is 11.5 Å². The summed E-state index contributed by atoms with van der Waals surface area (Å²) in [6.45, 7) is 7.58. The number of aliphatic carboxylic acids is 1. The Labute approximate surface area is 302 Å². The second kappa shape index (κ2) is 16.4. The van der Waals surface area contributed by atoms with E-state index in [4.69, 9.17) is 9.47 Å². The van der Waals surface area contributed by atoms with Crippen LogP contribution < -0.4 is 14.8 Å². The summed E-state index contributed by atoms with van der Waals surface area (Å²) in [6.07, 6.45) is 7.33.